The van der Waals surface area contributed by atoms with E-state index in [0.717, 1.165) is 19.3 Å². The molecular weight excluding hydrogens is 304 g/mol. The van der Waals surface area contributed by atoms with Gasteiger partial charge in [-0.05, 0) is 37.1 Å². The number of rotatable bonds is 4. The number of aromatic nitrogens is 3. The number of anilines is 3. The van der Waals surface area contributed by atoms with E-state index >= 15 is 0 Å². The van der Waals surface area contributed by atoms with Crippen molar-refractivity contribution in [3.05, 3.63) is 24.3 Å². The Kier molecular flexibility index (Phi) is 3.99. The molecule has 1 aliphatic heterocycles. The van der Waals surface area contributed by atoms with Crippen molar-refractivity contribution in [1.29, 1.82) is 0 Å². The lowest BCUT2D eigenvalue weighted by atomic mass is 10.2. The molecule has 3 rings (SSSR count). The number of nitrogen functional groups attached to an aromatic ring is 1. The molecule has 2 aromatic rings. The number of nitrogens with two attached hydrogens (primary N) is 1. The largest absolute Gasteiger partial charge is 0.368 e. The third-order valence-electron chi connectivity index (χ3n) is 3.57. The van der Waals surface area contributed by atoms with Crippen LogP contribution < -0.4 is 11.1 Å². The number of piperidine rings is 1. The first kappa shape index (κ1) is 14.8. The highest BCUT2D eigenvalue weighted by molar-refractivity contribution is 7.89. The van der Waals surface area contributed by atoms with Gasteiger partial charge in [0.05, 0.1) is 4.90 Å². The van der Waals surface area contributed by atoms with Gasteiger partial charge in [0.1, 0.15) is 0 Å². The van der Waals surface area contributed by atoms with Crippen LogP contribution in [0.3, 0.4) is 0 Å². The van der Waals surface area contributed by atoms with Crippen LogP contribution in [0.5, 0.6) is 0 Å². The molecule has 1 saturated heterocycles. The second-order valence-electron chi connectivity index (χ2n) is 5.16. The van der Waals surface area contributed by atoms with Gasteiger partial charge >= 0.3 is 0 Å². The Balaban J connectivity index is 1.75. The Morgan fingerprint density at radius 2 is 1.82 bits per heavy atom. The summed E-state index contributed by atoms with van der Waals surface area (Å²) in [7, 11) is -3.40. The Morgan fingerprint density at radius 3 is 2.41 bits per heavy atom. The number of hydrogen-bond donors (Lipinski definition) is 3. The van der Waals surface area contributed by atoms with Crippen molar-refractivity contribution in [3.63, 3.8) is 0 Å². The SMILES string of the molecule is Nc1nc(Nc2ccc(S(=O)(=O)N3CCCCC3)cc2)n[nH]1. The maximum Gasteiger partial charge on any atom is 0.248 e. The Bertz CT molecular complexity index is 734. The summed E-state index contributed by atoms with van der Waals surface area (Å²) in [6.07, 6.45) is 2.94. The summed E-state index contributed by atoms with van der Waals surface area (Å²) >= 11 is 0. The van der Waals surface area contributed by atoms with E-state index in [1.165, 1.54) is 0 Å². The predicted octanol–water partition coefficient (Wildman–Crippen LogP) is 1.31. The van der Waals surface area contributed by atoms with Gasteiger partial charge in [0.25, 0.3) is 0 Å². The predicted molar refractivity (Wildman–Crippen MR) is 83.1 cm³/mol. The average Bonchev–Trinajstić information content (AvgIpc) is 2.94. The van der Waals surface area contributed by atoms with Gasteiger partial charge in [-0.3, -0.25) is 0 Å². The van der Waals surface area contributed by atoms with Gasteiger partial charge < -0.3 is 11.1 Å². The van der Waals surface area contributed by atoms with Gasteiger partial charge in [0.15, 0.2) is 0 Å². The third kappa shape index (κ3) is 3.04. The molecule has 118 valence electrons. The third-order valence-corrected chi connectivity index (χ3v) is 5.48. The first-order valence-corrected chi connectivity index (χ1v) is 8.55. The number of aromatic amines is 1. The van der Waals surface area contributed by atoms with E-state index in [4.69, 9.17) is 5.73 Å². The average molecular weight is 322 g/mol. The highest BCUT2D eigenvalue weighted by Gasteiger charge is 2.25. The van der Waals surface area contributed by atoms with E-state index in [1.807, 2.05) is 0 Å². The topological polar surface area (TPSA) is 117 Å². The van der Waals surface area contributed by atoms with Crippen LogP contribution >= 0.6 is 0 Å². The van der Waals surface area contributed by atoms with Gasteiger partial charge in [-0.25, -0.2) is 13.5 Å². The zero-order chi connectivity index (χ0) is 15.6. The molecule has 0 unspecified atom stereocenters. The minimum Gasteiger partial charge on any atom is -0.368 e. The molecule has 0 amide bonds. The lowest BCUT2D eigenvalue weighted by molar-refractivity contribution is 0.346. The first-order valence-electron chi connectivity index (χ1n) is 7.11. The van der Waals surface area contributed by atoms with E-state index in [0.29, 0.717) is 29.6 Å². The molecule has 0 radical (unpaired) electrons. The molecule has 1 aromatic heterocycles. The van der Waals surface area contributed by atoms with Crippen molar-refractivity contribution < 1.29 is 8.42 Å². The van der Waals surface area contributed by atoms with Crippen molar-refractivity contribution >= 4 is 27.6 Å². The van der Waals surface area contributed by atoms with E-state index in [-0.39, 0.29) is 5.95 Å². The molecule has 8 nitrogen and oxygen atoms in total. The highest BCUT2D eigenvalue weighted by Crippen LogP contribution is 2.22. The monoisotopic (exact) mass is 322 g/mol. The maximum absolute atomic E-state index is 12.5. The summed E-state index contributed by atoms with van der Waals surface area (Å²) in [5, 5.41) is 9.32. The summed E-state index contributed by atoms with van der Waals surface area (Å²) < 4.78 is 26.6. The molecule has 2 heterocycles. The van der Waals surface area contributed by atoms with Gasteiger partial charge in [0, 0.05) is 18.8 Å². The quantitative estimate of drug-likeness (QED) is 0.781. The standard InChI is InChI=1S/C13H18N6O2S/c14-12-16-13(18-17-12)15-10-4-6-11(7-5-10)22(20,21)19-8-2-1-3-9-19/h4-7H,1-3,8-9H2,(H4,14,15,16,17,18). The summed E-state index contributed by atoms with van der Waals surface area (Å²) in [6, 6.07) is 6.54. The fourth-order valence-electron chi connectivity index (χ4n) is 2.42. The number of hydrogen-bond acceptors (Lipinski definition) is 6. The first-order chi connectivity index (χ1) is 10.6. The lowest BCUT2D eigenvalue weighted by Crippen LogP contribution is -2.35. The number of benzene rings is 1. The highest BCUT2D eigenvalue weighted by atomic mass is 32.2. The van der Waals surface area contributed by atoms with E-state index < -0.39 is 10.0 Å². The molecular formula is C13H18N6O2S. The molecule has 1 aromatic carbocycles. The van der Waals surface area contributed by atoms with E-state index in [9.17, 15) is 8.42 Å². The molecule has 22 heavy (non-hydrogen) atoms. The second-order valence-corrected chi connectivity index (χ2v) is 7.10. The Morgan fingerprint density at radius 1 is 1.14 bits per heavy atom. The summed E-state index contributed by atoms with van der Waals surface area (Å²) in [5.74, 6) is 0.552. The molecule has 0 bridgehead atoms. The van der Waals surface area contributed by atoms with Crippen LogP contribution in [0.1, 0.15) is 19.3 Å². The number of nitrogens with one attached hydrogen (secondary N) is 2. The van der Waals surface area contributed by atoms with Crippen LogP contribution in [0.15, 0.2) is 29.2 Å². The zero-order valence-electron chi connectivity index (χ0n) is 12.0. The molecule has 4 N–H and O–H groups in total. The fourth-order valence-corrected chi connectivity index (χ4v) is 3.94. The second kappa shape index (κ2) is 5.93. The lowest BCUT2D eigenvalue weighted by Gasteiger charge is -2.25. The van der Waals surface area contributed by atoms with Crippen LogP contribution in [0.4, 0.5) is 17.6 Å². The zero-order valence-corrected chi connectivity index (χ0v) is 12.8. The molecule has 0 atom stereocenters. The minimum absolute atomic E-state index is 0.215. The molecule has 1 fully saturated rings. The summed E-state index contributed by atoms with van der Waals surface area (Å²) in [5.41, 5.74) is 6.13. The van der Waals surface area contributed by atoms with Gasteiger partial charge in [-0.1, -0.05) is 6.42 Å². The number of nitrogens with zero attached hydrogens (tertiary/aromatic N) is 3. The fraction of sp³-hybridized carbons (Fsp3) is 0.385. The van der Waals surface area contributed by atoms with Crippen LogP contribution in [-0.2, 0) is 10.0 Å². The summed E-state index contributed by atoms with van der Waals surface area (Å²) in [6.45, 7) is 1.19. The molecule has 1 aliphatic rings. The van der Waals surface area contributed by atoms with Crippen molar-refractivity contribution in [1.82, 2.24) is 19.5 Å². The number of sulfonamides is 1. The molecule has 0 saturated carbocycles. The van der Waals surface area contributed by atoms with Crippen molar-refractivity contribution in [2.45, 2.75) is 24.2 Å². The van der Waals surface area contributed by atoms with Crippen LogP contribution in [0.2, 0.25) is 0 Å². The van der Waals surface area contributed by atoms with Gasteiger partial charge in [-0.15, -0.1) is 5.10 Å². The normalized spacial score (nSPS) is 16.5. The van der Waals surface area contributed by atoms with Crippen LogP contribution in [-0.4, -0.2) is 41.0 Å². The summed E-state index contributed by atoms with van der Waals surface area (Å²) in [4.78, 5) is 4.22. The molecule has 9 heteroatoms. The van der Waals surface area contributed by atoms with Crippen molar-refractivity contribution in [2.24, 2.45) is 0 Å². The maximum atomic E-state index is 12.5. The molecule has 0 spiro atoms. The van der Waals surface area contributed by atoms with Crippen LogP contribution in [0.25, 0.3) is 0 Å². The Hall–Kier alpha value is -2.13. The number of H-pyrrole nitrogens is 1. The van der Waals surface area contributed by atoms with Gasteiger partial charge in [-0.2, -0.15) is 9.29 Å². The van der Waals surface area contributed by atoms with Crippen LogP contribution in [0, 0.1) is 0 Å². The minimum atomic E-state index is -3.40. The smallest absolute Gasteiger partial charge is 0.248 e. The van der Waals surface area contributed by atoms with E-state index in [2.05, 4.69) is 20.5 Å². The van der Waals surface area contributed by atoms with Crippen molar-refractivity contribution in [2.75, 3.05) is 24.1 Å². The van der Waals surface area contributed by atoms with E-state index in [1.54, 1.807) is 28.6 Å². The van der Waals surface area contributed by atoms with Crippen molar-refractivity contribution in [3.8, 4) is 0 Å². The molecule has 0 aliphatic carbocycles. The Labute approximate surface area is 128 Å². The van der Waals surface area contributed by atoms with Gasteiger partial charge in [0.2, 0.25) is 21.9 Å².